The predicted octanol–water partition coefficient (Wildman–Crippen LogP) is 3.00. The van der Waals surface area contributed by atoms with Crippen molar-refractivity contribution < 1.29 is 5.11 Å². The van der Waals surface area contributed by atoms with Gasteiger partial charge in [0.05, 0.1) is 12.6 Å². The average Bonchev–Trinajstić information content (AvgIpc) is 2.59. The van der Waals surface area contributed by atoms with Gasteiger partial charge in [0.1, 0.15) is 0 Å². The molecule has 2 N–H and O–H groups in total. The Bertz CT molecular complexity index is 486. The second-order valence-electron chi connectivity index (χ2n) is 5.89. The van der Waals surface area contributed by atoms with Crippen LogP contribution < -0.4 is 5.32 Å². The number of guanidine groups is 1. The Morgan fingerprint density at radius 1 is 1.38 bits per heavy atom. The Morgan fingerprint density at radius 2 is 2.12 bits per heavy atom. The van der Waals surface area contributed by atoms with Gasteiger partial charge >= 0.3 is 0 Å². The first kappa shape index (κ1) is 21.6. The van der Waals surface area contributed by atoms with Crippen molar-refractivity contribution in [3.63, 3.8) is 0 Å². The highest BCUT2D eigenvalue weighted by Gasteiger charge is 2.21. The summed E-state index contributed by atoms with van der Waals surface area (Å²) in [7, 11) is 0. The summed E-state index contributed by atoms with van der Waals surface area (Å²) in [5.41, 5.74) is 1.15. The van der Waals surface area contributed by atoms with E-state index in [0.29, 0.717) is 18.2 Å². The minimum Gasteiger partial charge on any atom is -0.391 e. The lowest BCUT2D eigenvalue weighted by atomic mass is 10.1. The molecule has 2 unspecified atom stereocenters. The van der Waals surface area contributed by atoms with Gasteiger partial charge in [-0.25, -0.2) is 0 Å². The lowest BCUT2D eigenvalue weighted by Crippen LogP contribution is -2.48. The highest BCUT2D eigenvalue weighted by Crippen LogP contribution is 2.21. The third-order valence-electron chi connectivity index (χ3n) is 3.99. The van der Waals surface area contributed by atoms with Crippen LogP contribution in [0, 0.1) is 0 Å². The number of benzene rings is 1. The number of nitrogens with one attached hydrogen (secondary N) is 1. The van der Waals surface area contributed by atoms with Gasteiger partial charge in [-0.1, -0.05) is 37.3 Å². The van der Waals surface area contributed by atoms with Crippen molar-refractivity contribution in [2.24, 2.45) is 4.99 Å². The monoisotopic (exact) mass is 463 g/mol. The molecule has 0 spiro atoms. The normalized spacial score (nSPS) is 19.5. The molecule has 1 saturated heterocycles. The van der Waals surface area contributed by atoms with E-state index in [0.717, 1.165) is 36.9 Å². The molecule has 1 heterocycles. The van der Waals surface area contributed by atoms with Crippen LogP contribution in [0.4, 0.5) is 0 Å². The molecule has 2 atom stereocenters. The van der Waals surface area contributed by atoms with Gasteiger partial charge in [-0.05, 0) is 18.9 Å². The summed E-state index contributed by atoms with van der Waals surface area (Å²) >= 11 is 2.05. The van der Waals surface area contributed by atoms with Gasteiger partial charge in [-0.2, -0.15) is 11.8 Å². The van der Waals surface area contributed by atoms with Crippen LogP contribution in [-0.2, 0) is 6.42 Å². The lowest BCUT2D eigenvalue weighted by molar-refractivity contribution is 0.183. The molecule has 0 amide bonds. The van der Waals surface area contributed by atoms with Crippen molar-refractivity contribution >= 4 is 41.7 Å². The second-order valence-corrected chi connectivity index (χ2v) is 7.29. The van der Waals surface area contributed by atoms with E-state index in [9.17, 15) is 5.11 Å². The standard InChI is InChI=1S/C18H29N3OS.HI/c1-3-17-14-21(10-11-23-17)18(19-4-2)20-13-16(22)12-15-8-6-5-7-9-15;/h5-9,16-17,22H,3-4,10-14H2,1-2H3,(H,19,20);1H. The van der Waals surface area contributed by atoms with Crippen LogP contribution in [0.1, 0.15) is 25.8 Å². The van der Waals surface area contributed by atoms with E-state index >= 15 is 0 Å². The van der Waals surface area contributed by atoms with E-state index in [1.165, 1.54) is 6.42 Å². The van der Waals surface area contributed by atoms with Crippen LogP contribution in [0.15, 0.2) is 35.3 Å². The lowest BCUT2D eigenvalue weighted by Gasteiger charge is -2.34. The first-order valence-corrected chi connectivity index (χ1v) is 9.64. The maximum absolute atomic E-state index is 10.3. The molecule has 1 fully saturated rings. The van der Waals surface area contributed by atoms with Gasteiger partial charge in [-0.3, -0.25) is 4.99 Å². The van der Waals surface area contributed by atoms with E-state index in [-0.39, 0.29) is 24.0 Å². The molecule has 2 rings (SSSR count). The molecule has 4 nitrogen and oxygen atoms in total. The average molecular weight is 463 g/mol. The Balaban J connectivity index is 0.00000288. The van der Waals surface area contributed by atoms with Crippen molar-refractivity contribution in [2.45, 2.75) is 38.0 Å². The maximum atomic E-state index is 10.3. The Hall–Kier alpha value is -0.470. The number of aliphatic imine (C=N–C) groups is 1. The van der Waals surface area contributed by atoms with E-state index in [1.54, 1.807) is 0 Å². The summed E-state index contributed by atoms with van der Waals surface area (Å²) in [5, 5.41) is 14.3. The largest absolute Gasteiger partial charge is 0.391 e. The molecule has 1 aromatic rings. The molecule has 0 aliphatic carbocycles. The number of aliphatic hydroxyl groups is 1. The zero-order valence-electron chi connectivity index (χ0n) is 14.6. The molecular weight excluding hydrogens is 433 g/mol. The van der Waals surface area contributed by atoms with E-state index in [1.807, 2.05) is 30.3 Å². The molecule has 1 aliphatic heterocycles. The molecule has 0 radical (unpaired) electrons. The van der Waals surface area contributed by atoms with Crippen molar-refractivity contribution in [3.05, 3.63) is 35.9 Å². The fraction of sp³-hybridized carbons (Fsp3) is 0.611. The molecule has 6 heteroatoms. The zero-order chi connectivity index (χ0) is 16.5. The van der Waals surface area contributed by atoms with Crippen LogP contribution in [0.3, 0.4) is 0 Å². The van der Waals surface area contributed by atoms with Gasteiger partial charge < -0.3 is 15.3 Å². The van der Waals surface area contributed by atoms with Crippen molar-refractivity contribution in [1.29, 1.82) is 0 Å². The molecule has 136 valence electrons. The maximum Gasteiger partial charge on any atom is 0.194 e. The third kappa shape index (κ3) is 7.19. The summed E-state index contributed by atoms with van der Waals surface area (Å²) < 4.78 is 0. The Kier molecular flexibility index (Phi) is 10.8. The van der Waals surface area contributed by atoms with Gasteiger partial charge in [0.15, 0.2) is 5.96 Å². The van der Waals surface area contributed by atoms with Gasteiger partial charge in [0, 0.05) is 37.1 Å². The number of hydrogen-bond acceptors (Lipinski definition) is 3. The van der Waals surface area contributed by atoms with Crippen molar-refractivity contribution in [2.75, 3.05) is 31.9 Å². The molecule has 24 heavy (non-hydrogen) atoms. The number of halogens is 1. The van der Waals surface area contributed by atoms with Gasteiger partial charge in [0.2, 0.25) is 0 Å². The first-order valence-electron chi connectivity index (χ1n) is 8.59. The fourth-order valence-electron chi connectivity index (χ4n) is 2.73. The SMILES string of the molecule is CCNC(=NCC(O)Cc1ccccc1)N1CCSC(CC)C1.I. The van der Waals surface area contributed by atoms with E-state index < -0.39 is 6.10 Å². The first-order chi connectivity index (χ1) is 11.2. The highest BCUT2D eigenvalue weighted by molar-refractivity contribution is 14.0. The van der Waals surface area contributed by atoms with Crippen LogP contribution in [0.2, 0.25) is 0 Å². The topological polar surface area (TPSA) is 47.9 Å². The quantitative estimate of drug-likeness (QED) is 0.387. The summed E-state index contributed by atoms with van der Waals surface area (Å²) in [5.74, 6) is 2.09. The highest BCUT2D eigenvalue weighted by atomic mass is 127. The molecular formula is C18H30IN3OS. The second kappa shape index (κ2) is 12.0. The van der Waals surface area contributed by atoms with Crippen LogP contribution in [-0.4, -0.2) is 59.3 Å². The molecule has 1 aliphatic rings. The summed E-state index contributed by atoms with van der Waals surface area (Å²) in [6, 6.07) is 10.1. The summed E-state index contributed by atoms with van der Waals surface area (Å²) in [4.78, 5) is 7.01. The fourth-order valence-corrected chi connectivity index (χ4v) is 3.91. The van der Waals surface area contributed by atoms with Crippen molar-refractivity contribution in [3.8, 4) is 0 Å². The summed E-state index contributed by atoms with van der Waals surface area (Å²) in [6.07, 6.45) is 1.40. The third-order valence-corrected chi connectivity index (χ3v) is 5.37. The molecule has 0 aromatic heterocycles. The zero-order valence-corrected chi connectivity index (χ0v) is 17.8. The Labute approximate surface area is 167 Å². The predicted molar refractivity (Wildman–Crippen MR) is 116 cm³/mol. The minimum absolute atomic E-state index is 0. The number of rotatable bonds is 6. The van der Waals surface area contributed by atoms with Crippen LogP contribution in [0.5, 0.6) is 0 Å². The molecule has 0 bridgehead atoms. The number of hydrogen-bond donors (Lipinski definition) is 2. The molecule has 1 aromatic carbocycles. The van der Waals surface area contributed by atoms with Crippen molar-refractivity contribution in [1.82, 2.24) is 10.2 Å². The van der Waals surface area contributed by atoms with Crippen LogP contribution >= 0.6 is 35.7 Å². The smallest absolute Gasteiger partial charge is 0.194 e. The molecule has 0 saturated carbocycles. The Morgan fingerprint density at radius 3 is 2.79 bits per heavy atom. The minimum atomic E-state index is -0.438. The van der Waals surface area contributed by atoms with E-state index in [2.05, 4.69) is 40.8 Å². The number of thioether (sulfide) groups is 1. The summed E-state index contributed by atoms with van der Waals surface area (Å²) in [6.45, 7) is 7.70. The van der Waals surface area contributed by atoms with E-state index in [4.69, 9.17) is 0 Å². The number of aliphatic hydroxyl groups excluding tert-OH is 1. The van der Waals surface area contributed by atoms with Gasteiger partial charge in [-0.15, -0.1) is 24.0 Å². The number of nitrogens with zero attached hydrogens (tertiary/aromatic N) is 2. The van der Waals surface area contributed by atoms with Crippen LogP contribution in [0.25, 0.3) is 0 Å². The van der Waals surface area contributed by atoms with Gasteiger partial charge in [0.25, 0.3) is 0 Å².